The van der Waals surface area contributed by atoms with Gasteiger partial charge in [0.2, 0.25) is 0 Å². The molecule has 0 spiro atoms. The molecule has 0 aliphatic carbocycles. The van der Waals surface area contributed by atoms with Gasteiger partial charge in [-0.2, -0.15) is 0 Å². The molecule has 0 N–H and O–H groups in total. The zero-order valence-corrected chi connectivity index (χ0v) is 10.8. The maximum atomic E-state index is 12.2. The first-order valence-electron chi connectivity index (χ1n) is 6.80. The minimum atomic E-state index is -0.337. The van der Waals surface area contributed by atoms with E-state index in [9.17, 15) is 4.79 Å². The van der Waals surface area contributed by atoms with Crippen LogP contribution in [0.5, 0.6) is 0 Å². The third-order valence-electron chi connectivity index (χ3n) is 3.82. The van der Waals surface area contributed by atoms with Crippen LogP contribution in [0.25, 0.3) is 0 Å². The zero-order chi connectivity index (χ0) is 13.5. The Kier molecular flexibility index (Phi) is 2.69. The van der Waals surface area contributed by atoms with Crippen molar-refractivity contribution in [1.82, 2.24) is 0 Å². The topological polar surface area (TPSA) is 42.1 Å². The maximum absolute atomic E-state index is 12.2. The number of carbonyl (C=O) groups is 1. The average Bonchev–Trinajstić information content (AvgIpc) is 3.39. The predicted octanol–water partition coefficient (Wildman–Crippen LogP) is 2.78. The molecule has 0 amide bonds. The molecule has 2 fully saturated rings. The van der Waals surface area contributed by atoms with Crippen molar-refractivity contribution in [2.45, 2.75) is 24.4 Å². The first-order chi connectivity index (χ1) is 9.84. The van der Waals surface area contributed by atoms with E-state index in [2.05, 4.69) is 0 Å². The highest BCUT2D eigenvalue weighted by atomic mass is 16.7. The molecular formula is C17H14O3. The quantitative estimate of drug-likeness (QED) is 0.631. The van der Waals surface area contributed by atoms with E-state index in [0.717, 1.165) is 5.56 Å². The summed E-state index contributed by atoms with van der Waals surface area (Å²) in [7, 11) is 0. The van der Waals surface area contributed by atoms with Gasteiger partial charge in [-0.25, -0.2) is 0 Å². The lowest BCUT2D eigenvalue weighted by atomic mass is 10.0. The lowest BCUT2D eigenvalue weighted by Gasteiger charge is -1.95. The van der Waals surface area contributed by atoms with E-state index in [1.807, 2.05) is 60.7 Å². The van der Waals surface area contributed by atoms with Crippen molar-refractivity contribution in [1.29, 1.82) is 0 Å². The third kappa shape index (κ3) is 2.05. The van der Waals surface area contributed by atoms with Crippen LogP contribution in [0.3, 0.4) is 0 Å². The maximum Gasteiger partial charge on any atom is 0.194 e. The van der Waals surface area contributed by atoms with Gasteiger partial charge in [0.15, 0.2) is 5.78 Å². The Labute approximate surface area is 117 Å². The van der Waals surface area contributed by atoms with E-state index in [4.69, 9.17) is 9.47 Å². The molecule has 0 saturated carbocycles. The van der Waals surface area contributed by atoms with Gasteiger partial charge in [0.25, 0.3) is 0 Å². The summed E-state index contributed by atoms with van der Waals surface area (Å²) in [6.45, 7) is 0. The summed E-state index contributed by atoms with van der Waals surface area (Å²) in [5.74, 6) is 0.0536. The van der Waals surface area contributed by atoms with Crippen LogP contribution in [0.15, 0.2) is 60.7 Å². The number of hydrogen-bond donors (Lipinski definition) is 0. The fraction of sp³-hybridized carbons (Fsp3) is 0.235. The lowest BCUT2D eigenvalue weighted by molar-refractivity contribution is 0.0953. The Morgan fingerprint density at radius 1 is 0.800 bits per heavy atom. The summed E-state index contributed by atoms with van der Waals surface area (Å²) in [5, 5.41) is 0. The molecule has 3 nitrogen and oxygen atoms in total. The number of carbonyl (C=O) groups excluding carboxylic acids is 1. The Hall–Kier alpha value is -1.97. The summed E-state index contributed by atoms with van der Waals surface area (Å²) in [6.07, 6.45) is -0.325. The molecule has 3 heteroatoms. The smallest absolute Gasteiger partial charge is 0.194 e. The molecule has 0 radical (unpaired) electrons. The van der Waals surface area contributed by atoms with Crippen molar-refractivity contribution in [3.63, 3.8) is 0 Å². The van der Waals surface area contributed by atoms with E-state index in [1.54, 1.807) is 0 Å². The van der Waals surface area contributed by atoms with Crippen LogP contribution in [0.4, 0.5) is 0 Å². The van der Waals surface area contributed by atoms with Gasteiger partial charge in [0.05, 0.1) is 0 Å². The summed E-state index contributed by atoms with van der Waals surface area (Å²) < 4.78 is 11.2. The largest absolute Gasteiger partial charge is 0.362 e. The van der Waals surface area contributed by atoms with Crippen molar-refractivity contribution in [2.24, 2.45) is 0 Å². The number of benzene rings is 2. The monoisotopic (exact) mass is 266 g/mol. The highest BCUT2D eigenvalue weighted by Gasteiger charge is 2.60. The molecule has 4 atom stereocenters. The van der Waals surface area contributed by atoms with Crippen LogP contribution >= 0.6 is 0 Å². The summed E-state index contributed by atoms with van der Waals surface area (Å²) >= 11 is 0. The molecule has 0 unspecified atom stereocenters. The van der Waals surface area contributed by atoms with E-state index in [-0.39, 0.29) is 30.2 Å². The molecule has 2 heterocycles. The second-order valence-corrected chi connectivity index (χ2v) is 5.18. The van der Waals surface area contributed by atoms with Crippen molar-refractivity contribution >= 4 is 5.78 Å². The van der Waals surface area contributed by atoms with Gasteiger partial charge >= 0.3 is 0 Å². The minimum Gasteiger partial charge on any atom is -0.362 e. The van der Waals surface area contributed by atoms with Crippen LogP contribution in [0.2, 0.25) is 0 Å². The van der Waals surface area contributed by atoms with Crippen molar-refractivity contribution in [3.05, 3.63) is 71.8 Å². The Morgan fingerprint density at radius 2 is 1.45 bits per heavy atom. The van der Waals surface area contributed by atoms with Gasteiger partial charge in [-0.15, -0.1) is 0 Å². The van der Waals surface area contributed by atoms with E-state index in [1.165, 1.54) is 0 Å². The van der Waals surface area contributed by atoms with Crippen molar-refractivity contribution in [3.8, 4) is 0 Å². The second-order valence-electron chi connectivity index (χ2n) is 5.18. The van der Waals surface area contributed by atoms with E-state index >= 15 is 0 Å². The van der Waals surface area contributed by atoms with Gasteiger partial charge in [-0.3, -0.25) is 4.79 Å². The van der Waals surface area contributed by atoms with Crippen LogP contribution in [0, 0.1) is 0 Å². The first kappa shape index (κ1) is 11.8. The SMILES string of the molecule is O=C(c1ccccc1)[C@@H]1O[C@H]1[C@H]1O[C@@H]1c1ccccc1. The van der Waals surface area contributed by atoms with Gasteiger partial charge in [-0.1, -0.05) is 60.7 Å². The summed E-state index contributed by atoms with van der Waals surface area (Å²) in [5.41, 5.74) is 1.86. The number of epoxide rings is 2. The summed E-state index contributed by atoms with van der Waals surface area (Å²) in [4.78, 5) is 12.2. The standard InChI is InChI=1S/C17H14O3/c18-13(11-7-3-1-4-8-11)15-17(20-15)16-14(19-16)12-9-5-2-6-10-12/h1-10,14-17H/t14-,15+,16+,17-/m1/s1. The zero-order valence-electron chi connectivity index (χ0n) is 10.8. The molecule has 4 rings (SSSR count). The molecule has 20 heavy (non-hydrogen) atoms. The van der Waals surface area contributed by atoms with Crippen LogP contribution < -0.4 is 0 Å². The Morgan fingerprint density at radius 3 is 2.15 bits per heavy atom. The van der Waals surface area contributed by atoms with Gasteiger partial charge in [-0.05, 0) is 5.56 Å². The normalized spacial score (nSPS) is 30.8. The van der Waals surface area contributed by atoms with E-state index < -0.39 is 0 Å². The highest BCUT2D eigenvalue weighted by Crippen LogP contribution is 2.48. The van der Waals surface area contributed by atoms with Crippen LogP contribution in [0.1, 0.15) is 22.0 Å². The molecule has 2 aromatic rings. The molecule has 2 aromatic carbocycles. The second kappa shape index (κ2) is 4.54. The molecule has 2 saturated heterocycles. The Bertz CT molecular complexity index is 623. The van der Waals surface area contributed by atoms with Gasteiger partial charge < -0.3 is 9.47 Å². The fourth-order valence-electron chi connectivity index (χ4n) is 2.64. The molecule has 100 valence electrons. The van der Waals surface area contributed by atoms with Crippen molar-refractivity contribution in [2.75, 3.05) is 0 Å². The average molecular weight is 266 g/mol. The van der Waals surface area contributed by atoms with Gasteiger partial charge in [0, 0.05) is 5.56 Å². The molecule has 2 aliphatic rings. The molecule has 0 aromatic heterocycles. The van der Waals surface area contributed by atoms with E-state index in [0.29, 0.717) is 5.56 Å². The fourth-order valence-corrected chi connectivity index (χ4v) is 2.64. The number of ether oxygens (including phenoxy) is 2. The van der Waals surface area contributed by atoms with Crippen LogP contribution in [-0.4, -0.2) is 24.1 Å². The number of Topliss-reactive ketones (excluding diaryl/α,β-unsaturated/α-hetero) is 1. The van der Waals surface area contributed by atoms with Crippen LogP contribution in [-0.2, 0) is 9.47 Å². The third-order valence-corrected chi connectivity index (χ3v) is 3.82. The highest BCUT2D eigenvalue weighted by molar-refractivity contribution is 6.01. The predicted molar refractivity (Wildman–Crippen MR) is 73.5 cm³/mol. The van der Waals surface area contributed by atoms with Crippen molar-refractivity contribution < 1.29 is 14.3 Å². The lowest BCUT2D eigenvalue weighted by Crippen LogP contribution is -2.13. The molecule has 2 aliphatic heterocycles. The minimum absolute atomic E-state index is 0.0232. The number of rotatable bonds is 4. The molecular weight excluding hydrogens is 252 g/mol. The summed E-state index contributed by atoms with van der Waals surface area (Å²) in [6, 6.07) is 19.3. The number of ketones is 1. The first-order valence-corrected chi connectivity index (χ1v) is 6.80. The van der Waals surface area contributed by atoms with Gasteiger partial charge in [0.1, 0.15) is 24.4 Å². The molecule has 0 bridgehead atoms. The number of hydrogen-bond acceptors (Lipinski definition) is 3. The Balaban J connectivity index is 1.41.